The maximum Gasteiger partial charge on any atom is 0.223 e. The molecule has 3 aromatic heterocycles. The van der Waals surface area contributed by atoms with E-state index in [9.17, 15) is 4.79 Å². The minimum absolute atomic E-state index is 0.0176. The molecular formula is C18H22N6O. The molecular weight excluding hydrogens is 316 g/mol. The van der Waals surface area contributed by atoms with Crippen LogP contribution in [-0.2, 0) is 18.4 Å². The minimum atomic E-state index is 0.0176. The average molecular weight is 338 g/mol. The summed E-state index contributed by atoms with van der Waals surface area (Å²) in [4.78, 5) is 22.8. The molecule has 7 heteroatoms. The number of nitrogens with one attached hydrogen (secondary N) is 1. The number of pyridine rings is 1. The maximum atomic E-state index is 12.2. The van der Waals surface area contributed by atoms with Gasteiger partial charge in [-0.3, -0.25) is 4.79 Å². The van der Waals surface area contributed by atoms with Gasteiger partial charge in [0.15, 0.2) is 0 Å². The molecule has 1 N–H and O–H groups in total. The van der Waals surface area contributed by atoms with Crippen LogP contribution in [0, 0.1) is 5.92 Å². The van der Waals surface area contributed by atoms with Crippen molar-refractivity contribution < 1.29 is 4.79 Å². The molecule has 0 radical (unpaired) electrons. The summed E-state index contributed by atoms with van der Waals surface area (Å²) in [5, 5.41) is 3.51. The molecule has 1 fully saturated rings. The van der Waals surface area contributed by atoms with E-state index in [1.54, 1.807) is 12.4 Å². The molecule has 25 heavy (non-hydrogen) atoms. The number of hydrogen-bond acceptors (Lipinski definition) is 4. The van der Waals surface area contributed by atoms with Crippen molar-refractivity contribution in [2.24, 2.45) is 13.0 Å². The number of nitrogens with zero attached hydrogens (tertiary/aromatic N) is 5. The monoisotopic (exact) mass is 338 g/mol. The van der Waals surface area contributed by atoms with Gasteiger partial charge >= 0.3 is 0 Å². The highest BCUT2D eigenvalue weighted by molar-refractivity contribution is 5.79. The lowest BCUT2D eigenvalue weighted by atomic mass is 9.99. The standard InChI is InChI=1S/C18H22N6O/c1-22-8-6-21-18(22)17-13(10-16(25)23(17)2)11-19-12-14-4-3-5-15-20-7-9-24(14)15/h3-9,13,17,19H,10-12H2,1-2H3/t13-,17+/m0/s1. The third-order valence-electron chi connectivity index (χ3n) is 5.04. The second kappa shape index (κ2) is 6.33. The van der Waals surface area contributed by atoms with E-state index < -0.39 is 0 Å². The third kappa shape index (κ3) is 2.80. The Bertz CT molecular complexity index is 898. The number of likely N-dealkylation sites (tertiary alicyclic amines) is 1. The van der Waals surface area contributed by atoms with Crippen molar-refractivity contribution in [2.45, 2.75) is 19.0 Å². The number of aryl methyl sites for hydroxylation is 1. The molecule has 4 rings (SSSR count). The maximum absolute atomic E-state index is 12.2. The van der Waals surface area contributed by atoms with Crippen LogP contribution in [0.5, 0.6) is 0 Å². The van der Waals surface area contributed by atoms with Crippen molar-refractivity contribution in [3.8, 4) is 0 Å². The molecule has 3 aromatic rings. The number of hydrogen-bond donors (Lipinski definition) is 1. The number of imidazole rings is 2. The van der Waals surface area contributed by atoms with Gasteiger partial charge in [-0.25, -0.2) is 9.97 Å². The zero-order valence-electron chi connectivity index (χ0n) is 14.5. The van der Waals surface area contributed by atoms with Gasteiger partial charge in [0.1, 0.15) is 11.5 Å². The molecule has 1 aliphatic heterocycles. The average Bonchev–Trinajstić information content (AvgIpc) is 3.29. The molecule has 2 atom stereocenters. The molecule has 4 heterocycles. The molecule has 0 saturated carbocycles. The van der Waals surface area contributed by atoms with E-state index in [4.69, 9.17) is 0 Å². The van der Waals surface area contributed by atoms with Crippen molar-refractivity contribution in [3.63, 3.8) is 0 Å². The fourth-order valence-corrected chi connectivity index (χ4v) is 3.72. The number of rotatable bonds is 5. The molecule has 130 valence electrons. The van der Waals surface area contributed by atoms with Crippen LogP contribution in [0.4, 0.5) is 0 Å². The van der Waals surface area contributed by atoms with Gasteiger partial charge in [-0.05, 0) is 12.1 Å². The fourth-order valence-electron chi connectivity index (χ4n) is 3.72. The normalized spacial score (nSPS) is 20.7. The van der Waals surface area contributed by atoms with Crippen molar-refractivity contribution in [2.75, 3.05) is 13.6 Å². The molecule has 0 aliphatic carbocycles. The van der Waals surface area contributed by atoms with Gasteiger partial charge < -0.3 is 19.2 Å². The van der Waals surface area contributed by atoms with Gasteiger partial charge in [0.25, 0.3) is 0 Å². The molecule has 0 bridgehead atoms. The number of carbonyl (C=O) groups excluding carboxylic acids is 1. The Balaban J connectivity index is 1.47. The fraction of sp³-hybridized carbons (Fsp3) is 0.389. The Kier molecular flexibility index (Phi) is 4.01. The van der Waals surface area contributed by atoms with Crippen molar-refractivity contribution in [1.82, 2.24) is 29.2 Å². The highest BCUT2D eigenvalue weighted by Gasteiger charge is 2.40. The van der Waals surface area contributed by atoms with Gasteiger partial charge in [-0.2, -0.15) is 0 Å². The van der Waals surface area contributed by atoms with Crippen LogP contribution in [0.15, 0.2) is 43.0 Å². The summed E-state index contributed by atoms with van der Waals surface area (Å²) < 4.78 is 4.08. The Morgan fingerprint density at radius 3 is 2.84 bits per heavy atom. The van der Waals surface area contributed by atoms with Gasteiger partial charge in [0, 0.05) is 70.0 Å². The van der Waals surface area contributed by atoms with Crippen molar-refractivity contribution in [1.29, 1.82) is 0 Å². The number of amides is 1. The van der Waals surface area contributed by atoms with Gasteiger partial charge in [-0.15, -0.1) is 0 Å². The topological polar surface area (TPSA) is 67.5 Å². The van der Waals surface area contributed by atoms with Crippen molar-refractivity contribution in [3.05, 3.63) is 54.5 Å². The molecule has 7 nitrogen and oxygen atoms in total. The molecule has 1 saturated heterocycles. The van der Waals surface area contributed by atoms with Gasteiger partial charge in [0.05, 0.1) is 6.04 Å². The molecule has 1 aliphatic rings. The first-order valence-corrected chi connectivity index (χ1v) is 8.49. The molecule has 0 aromatic carbocycles. The molecule has 0 unspecified atom stereocenters. The zero-order chi connectivity index (χ0) is 17.4. The predicted octanol–water partition coefficient (Wildman–Crippen LogP) is 1.38. The van der Waals surface area contributed by atoms with E-state index in [1.165, 1.54) is 0 Å². The highest BCUT2D eigenvalue weighted by atomic mass is 16.2. The zero-order valence-corrected chi connectivity index (χ0v) is 14.5. The molecule has 1 amide bonds. The van der Waals surface area contributed by atoms with Crippen LogP contribution in [-0.4, -0.2) is 43.3 Å². The summed E-state index contributed by atoms with van der Waals surface area (Å²) in [6.07, 6.45) is 8.04. The quantitative estimate of drug-likeness (QED) is 0.763. The van der Waals surface area contributed by atoms with Crippen LogP contribution < -0.4 is 5.32 Å². The van der Waals surface area contributed by atoms with Crippen LogP contribution in [0.2, 0.25) is 0 Å². The Morgan fingerprint density at radius 1 is 1.20 bits per heavy atom. The Hall–Kier alpha value is -2.67. The van der Waals surface area contributed by atoms with E-state index >= 15 is 0 Å². The lowest BCUT2D eigenvalue weighted by Crippen LogP contribution is -2.31. The second-order valence-electron chi connectivity index (χ2n) is 6.61. The van der Waals surface area contributed by atoms with E-state index in [0.29, 0.717) is 6.42 Å². The third-order valence-corrected chi connectivity index (χ3v) is 5.04. The van der Waals surface area contributed by atoms with Gasteiger partial charge in [-0.1, -0.05) is 6.07 Å². The van der Waals surface area contributed by atoms with E-state index in [-0.39, 0.29) is 17.9 Å². The summed E-state index contributed by atoms with van der Waals surface area (Å²) >= 11 is 0. The first kappa shape index (κ1) is 15.8. The summed E-state index contributed by atoms with van der Waals surface area (Å²) in [6.45, 7) is 1.49. The Morgan fingerprint density at radius 2 is 2.04 bits per heavy atom. The van der Waals surface area contributed by atoms with Gasteiger partial charge in [0.2, 0.25) is 5.91 Å². The summed E-state index contributed by atoms with van der Waals surface area (Å²) in [5.74, 6) is 1.33. The highest BCUT2D eigenvalue weighted by Crippen LogP contribution is 2.35. The minimum Gasteiger partial charge on any atom is -0.336 e. The SMILES string of the molecule is CN1C(=O)C[C@@H](CNCc2cccc3nccn23)[C@@H]1c1nccn1C. The van der Waals surface area contributed by atoms with E-state index in [2.05, 4.69) is 25.8 Å². The van der Waals surface area contributed by atoms with Crippen LogP contribution in [0.3, 0.4) is 0 Å². The molecule has 0 spiro atoms. The number of fused-ring (bicyclic) bond motifs is 1. The Labute approximate surface area is 146 Å². The van der Waals surface area contributed by atoms with Crippen LogP contribution in [0.1, 0.15) is 24.0 Å². The largest absolute Gasteiger partial charge is 0.336 e. The summed E-state index contributed by atoms with van der Waals surface area (Å²) in [5.41, 5.74) is 2.10. The lowest BCUT2D eigenvalue weighted by Gasteiger charge is -2.24. The summed E-state index contributed by atoms with van der Waals surface area (Å²) in [7, 11) is 3.84. The first-order valence-electron chi connectivity index (χ1n) is 8.49. The number of carbonyl (C=O) groups is 1. The first-order chi connectivity index (χ1) is 12.1. The number of aromatic nitrogens is 4. The van der Waals surface area contributed by atoms with Crippen molar-refractivity contribution >= 4 is 11.6 Å². The smallest absolute Gasteiger partial charge is 0.223 e. The lowest BCUT2D eigenvalue weighted by molar-refractivity contribution is -0.127. The van der Waals surface area contributed by atoms with E-state index in [0.717, 1.165) is 30.3 Å². The second-order valence-corrected chi connectivity index (χ2v) is 6.61. The van der Waals surface area contributed by atoms with Crippen LogP contribution >= 0.6 is 0 Å². The predicted molar refractivity (Wildman–Crippen MR) is 93.7 cm³/mol. The van der Waals surface area contributed by atoms with E-state index in [1.807, 2.05) is 48.1 Å². The summed E-state index contributed by atoms with van der Waals surface area (Å²) in [6, 6.07) is 6.11. The van der Waals surface area contributed by atoms with Crippen LogP contribution in [0.25, 0.3) is 5.65 Å².